The van der Waals surface area contributed by atoms with E-state index in [-0.39, 0.29) is 17.2 Å². The molecule has 0 aliphatic carbocycles. The Morgan fingerprint density at radius 3 is 2.66 bits per heavy atom. The summed E-state index contributed by atoms with van der Waals surface area (Å²) in [6.07, 6.45) is 0. The molecule has 0 aliphatic heterocycles. The number of carbonyl (C=O) groups is 1. The highest BCUT2D eigenvalue weighted by atomic mass is 32.2. The number of thioether (sulfide) groups is 1. The summed E-state index contributed by atoms with van der Waals surface area (Å²) in [6, 6.07) is 15.3. The van der Waals surface area contributed by atoms with Crippen molar-refractivity contribution >= 4 is 28.6 Å². The molecule has 0 aliphatic rings. The fourth-order valence-corrected chi connectivity index (χ4v) is 4.24. The molecule has 32 heavy (non-hydrogen) atoms. The fraction of sp³-hybridized carbons (Fsp3) is 0.208. The molecule has 0 saturated carbocycles. The van der Waals surface area contributed by atoms with Gasteiger partial charge in [0.1, 0.15) is 17.3 Å². The van der Waals surface area contributed by atoms with E-state index in [4.69, 9.17) is 4.42 Å². The number of furan rings is 1. The monoisotopic (exact) mass is 451 g/mol. The van der Waals surface area contributed by atoms with E-state index in [0.717, 1.165) is 17.5 Å². The van der Waals surface area contributed by atoms with E-state index >= 15 is 0 Å². The van der Waals surface area contributed by atoms with Crippen molar-refractivity contribution in [1.82, 2.24) is 14.5 Å². The topological polar surface area (TPSA) is 68.3 Å². The quantitative estimate of drug-likeness (QED) is 0.319. The fourth-order valence-electron chi connectivity index (χ4n) is 3.29. The zero-order valence-electron chi connectivity index (χ0n) is 18.0. The van der Waals surface area contributed by atoms with Gasteiger partial charge in [-0.1, -0.05) is 30.0 Å². The summed E-state index contributed by atoms with van der Waals surface area (Å²) in [5.41, 5.74) is 1.06. The van der Waals surface area contributed by atoms with E-state index in [1.165, 1.54) is 10.6 Å². The van der Waals surface area contributed by atoms with Gasteiger partial charge in [-0.3, -0.25) is 14.2 Å². The summed E-state index contributed by atoms with van der Waals surface area (Å²) in [6.45, 7) is 3.85. The van der Waals surface area contributed by atoms with Gasteiger partial charge in [0.15, 0.2) is 5.16 Å². The average molecular weight is 452 g/mol. The van der Waals surface area contributed by atoms with Crippen LogP contribution in [-0.2, 0) is 11.3 Å². The molecular formula is C24H22FN3O3S. The predicted molar refractivity (Wildman–Crippen MR) is 123 cm³/mol. The molecule has 0 spiro atoms. The van der Waals surface area contributed by atoms with Crippen LogP contribution in [0, 0.1) is 19.7 Å². The summed E-state index contributed by atoms with van der Waals surface area (Å²) in [4.78, 5) is 32.1. The Kier molecular flexibility index (Phi) is 6.14. The Balaban J connectivity index is 1.65. The van der Waals surface area contributed by atoms with Crippen LogP contribution in [0.1, 0.15) is 17.1 Å². The van der Waals surface area contributed by atoms with E-state index < -0.39 is 5.82 Å². The second-order valence-corrected chi connectivity index (χ2v) is 8.48. The molecule has 0 unspecified atom stereocenters. The van der Waals surface area contributed by atoms with Crippen LogP contribution >= 0.6 is 11.8 Å². The number of rotatable bonds is 6. The lowest BCUT2D eigenvalue weighted by Crippen LogP contribution is -2.28. The van der Waals surface area contributed by atoms with Crippen LogP contribution < -0.4 is 5.56 Å². The number of halogens is 1. The normalized spacial score (nSPS) is 11.1. The van der Waals surface area contributed by atoms with E-state index in [0.29, 0.717) is 39.6 Å². The molecule has 0 bridgehead atoms. The largest absolute Gasteiger partial charge is 0.464 e. The first-order chi connectivity index (χ1) is 15.3. The third kappa shape index (κ3) is 4.45. The van der Waals surface area contributed by atoms with Gasteiger partial charge in [0.2, 0.25) is 5.91 Å². The summed E-state index contributed by atoms with van der Waals surface area (Å²) in [5, 5.41) is 0.752. The van der Waals surface area contributed by atoms with Gasteiger partial charge in [-0.05, 0) is 55.8 Å². The van der Waals surface area contributed by atoms with Crippen LogP contribution in [-0.4, -0.2) is 33.2 Å². The SMILES string of the molecule is Cc1ccc(CN(C)C(=O)CSc2nc3ccccc3c(=O)n2-c2ccc(C)c(F)c2)o1. The van der Waals surface area contributed by atoms with E-state index in [1.54, 1.807) is 55.3 Å². The predicted octanol–water partition coefficient (Wildman–Crippen LogP) is 4.49. The van der Waals surface area contributed by atoms with Gasteiger partial charge >= 0.3 is 0 Å². The maximum Gasteiger partial charge on any atom is 0.266 e. The zero-order chi connectivity index (χ0) is 22.8. The second-order valence-electron chi connectivity index (χ2n) is 7.54. The van der Waals surface area contributed by atoms with E-state index in [2.05, 4.69) is 4.98 Å². The molecule has 0 saturated heterocycles. The molecule has 1 amide bonds. The molecule has 0 fully saturated rings. The van der Waals surface area contributed by atoms with Crippen LogP contribution in [0.4, 0.5) is 4.39 Å². The highest BCUT2D eigenvalue weighted by Gasteiger charge is 2.17. The lowest BCUT2D eigenvalue weighted by Gasteiger charge is -2.17. The van der Waals surface area contributed by atoms with Gasteiger partial charge < -0.3 is 9.32 Å². The minimum absolute atomic E-state index is 0.0648. The van der Waals surface area contributed by atoms with Crippen molar-refractivity contribution in [1.29, 1.82) is 0 Å². The van der Waals surface area contributed by atoms with Gasteiger partial charge in [0.25, 0.3) is 5.56 Å². The Labute approximate surface area is 188 Å². The van der Waals surface area contributed by atoms with Crippen molar-refractivity contribution in [2.24, 2.45) is 0 Å². The van der Waals surface area contributed by atoms with Crippen molar-refractivity contribution in [3.8, 4) is 5.69 Å². The molecule has 2 aromatic heterocycles. The number of hydrogen-bond acceptors (Lipinski definition) is 5. The number of para-hydroxylation sites is 1. The Morgan fingerprint density at radius 1 is 1.16 bits per heavy atom. The molecule has 0 radical (unpaired) electrons. The molecular weight excluding hydrogens is 429 g/mol. The van der Waals surface area contributed by atoms with Crippen LogP contribution in [0.25, 0.3) is 16.6 Å². The number of carbonyl (C=O) groups excluding carboxylic acids is 1. The number of fused-ring (bicyclic) bond motifs is 1. The number of nitrogens with zero attached hydrogens (tertiary/aromatic N) is 3. The van der Waals surface area contributed by atoms with Crippen molar-refractivity contribution < 1.29 is 13.6 Å². The first-order valence-electron chi connectivity index (χ1n) is 10.0. The third-order valence-electron chi connectivity index (χ3n) is 5.10. The van der Waals surface area contributed by atoms with Crippen molar-refractivity contribution in [2.45, 2.75) is 25.5 Å². The summed E-state index contributed by atoms with van der Waals surface area (Å²) < 4.78 is 21.2. The molecule has 0 N–H and O–H groups in total. The molecule has 2 heterocycles. The maximum atomic E-state index is 14.3. The van der Waals surface area contributed by atoms with Crippen LogP contribution in [0.3, 0.4) is 0 Å². The van der Waals surface area contributed by atoms with E-state index in [9.17, 15) is 14.0 Å². The summed E-state index contributed by atoms with van der Waals surface area (Å²) >= 11 is 1.14. The molecule has 4 aromatic rings. The minimum Gasteiger partial charge on any atom is -0.464 e. The number of amides is 1. The lowest BCUT2D eigenvalue weighted by atomic mass is 10.2. The van der Waals surface area contributed by atoms with Crippen molar-refractivity contribution in [3.05, 3.63) is 87.9 Å². The molecule has 8 heteroatoms. The molecule has 4 rings (SSSR count). The van der Waals surface area contributed by atoms with Crippen molar-refractivity contribution in [3.63, 3.8) is 0 Å². The molecule has 164 valence electrons. The van der Waals surface area contributed by atoms with Crippen molar-refractivity contribution in [2.75, 3.05) is 12.8 Å². The Hall–Kier alpha value is -3.39. The minimum atomic E-state index is -0.414. The molecule has 2 aromatic carbocycles. The molecule has 0 atom stereocenters. The third-order valence-corrected chi connectivity index (χ3v) is 6.02. The van der Waals surface area contributed by atoms with Gasteiger partial charge in [-0.2, -0.15) is 0 Å². The average Bonchev–Trinajstić information content (AvgIpc) is 3.18. The molecule has 6 nitrogen and oxygen atoms in total. The van der Waals surface area contributed by atoms with Crippen LogP contribution in [0.2, 0.25) is 0 Å². The first kappa shape index (κ1) is 21.8. The Bertz CT molecular complexity index is 1360. The maximum absolute atomic E-state index is 14.3. The van der Waals surface area contributed by atoms with Crippen LogP contribution in [0.15, 0.2) is 69.0 Å². The van der Waals surface area contributed by atoms with Crippen LogP contribution in [0.5, 0.6) is 0 Å². The zero-order valence-corrected chi connectivity index (χ0v) is 18.8. The van der Waals surface area contributed by atoms with Gasteiger partial charge in [-0.25, -0.2) is 9.37 Å². The summed E-state index contributed by atoms with van der Waals surface area (Å²) in [7, 11) is 1.69. The highest BCUT2D eigenvalue weighted by Crippen LogP contribution is 2.23. The van der Waals surface area contributed by atoms with Gasteiger partial charge in [0, 0.05) is 7.05 Å². The Morgan fingerprint density at radius 2 is 1.94 bits per heavy atom. The summed E-state index contributed by atoms with van der Waals surface area (Å²) in [5.74, 6) is 0.982. The van der Waals surface area contributed by atoms with Gasteiger partial charge in [-0.15, -0.1) is 0 Å². The number of aryl methyl sites for hydroxylation is 2. The highest BCUT2D eigenvalue weighted by molar-refractivity contribution is 7.99. The first-order valence-corrected chi connectivity index (χ1v) is 11.0. The smallest absolute Gasteiger partial charge is 0.266 e. The number of hydrogen-bond donors (Lipinski definition) is 0. The van der Waals surface area contributed by atoms with E-state index in [1.807, 2.05) is 19.1 Å². The lowest BCUT2D eigenvalue weighted by molar-refractivity contribution is -0.127. The number of benzene rings is 2. The standard InChI is InChI=1S/C24H22FN3O3S/c1-15-8-10-17(12-20(15)25)28-23(30)19-6-4-5-7-21(19)26-24(28)32-14-22(29)27(3)13-18-11-9-16(2)31-18/h4-12H,13-14H2,1-3H3. The second kappa shape index (κ2) is 9.00. The van der Waals surface area contributed by atoms with Gasteiger partial charge in [0.05, 0.1) is 28.9 Å². The number of aromatic nitrogens is 2.